The van der Waals surface area contributed by atoms with Gasteiger partial charge in [0.05, 0.1) is 0 Å². The molecule has 2 N–H and O–H groups in total. The lowest BCUT2D eigenvalue weighted by Crippen LogP contribution is -2.34. The lowest BCUT2D eigenvalue weighted by Gasteiger charge is -2.10. The maximum Gasteiger partial charge on any atom is 0.276 e. The molecule has 1 aromatic heterocycles. The van der Waals surface area contributed by atoms with Crippen LogP contribution in [0.2, 0.25) is 0 Å². The minimum absolute atomic E-state index is 0.0543. The number of hydrogen-bond donors (Lipinski definition) is 2. The molecule has 3 aromatic rings. The van der Waals surface area contributed by atoms with Crippen LogP contribution in [0, 0.1) is 13.8 Å². The third-order valence-electron chi connectivity index (χ3n) is 4.49. The van der Waals surface area contributed by atoms with Gasteiger partial charge < -0.3 is 10.6 Å². The molecule has 148 valence electrons. The molecule has 7 heteroatoms. The fourth-order valence-corrected chi connectivity index (χ4v) is 2.69. The summed E-state index contributed by atoms with van der Waals surface area (Å²) in [5, 5.41) is 9.53. The highest BCUT2D eigenvalue weighted by atomic mass is 16.2. The van der Waals surface area contributed by atoms with Gasteiger partial charge in [-0.15, -0.1) is 0 Å². The van der Waals surface area contributed by atoms with Crippen molar-refractivity contribution in [3.63, 3.8) is 0 Å². The first-order valence-electron chi connectivity index (χ1n) is 9.20. The van der Waals surface area contributed by atoms with E-state index in [1.807, 2.05) is 56.3 Å². The Morgan fingerprint density at radius 1 is 0.966 bits per heavy atom. The summed E-state index contributed by atoms with van der Waals surface area (Å²) in [5.41, 5.74) is 3.36. The summed E-state index contributed by atoms with van der Waals surface area (Å²) in [4.78, 5) is 36.7. The first-order chi connectivity index (χ1) is 13.9. The Hall–Kier alpha value is -3.74. The van der Waals surface area contributed by atoms with Crippen LogP contribution in [-0.2, 0) is 17.9 Å². The average Bonchev–Trinajstić information content (AvgIpc) is 2.71. The van der Waals surface area contributed by atoms with Crippen molar-refractivity contribution in [3.05, 3.63) is 93.4 Å². The van der Waals surface area contributed by atoms with Crippen LogP contribution in [0.15, 0.2) is 65.5 Å². The molecule has 0 saturated heterocycles. The topological polar surface area (TPSA) is 93.1 Å². The number of rotatable bonds is 6. The van der Waals surface area contributed by atoms with Crippen LogP contribution in [0.25, 0.3) is 0 Å². The molecule has 0 radical (unpaired) electrons. The molecule has 0 unspecified atom stereocenters. The summed E-state index contributed by atoms with van der Waals surface area (Å²) in [5.74, 6) is -0.818. The minimum atomic E-state index is -0.456. The summed E-state index contributed by atoms with van der Waals surface area (Å²) in [7, 11) is 0. The van der Waals surface area contributed by atoms with E-state index in [0.717, 1.165) is 21.4 Å². The van der Waals surface area contributed by atoms with E-state index in [2.05, 4.69) is 15.7 Å². The van der Waals surface area contributed by atoms with Crippen molar-refractivity contribution < 1.29 is 9.59 Å². The molecule has 0 atom stereocenters. The molecule has 0 bridgehead atoms. The Morgan fingerprint density at radius 3 is 2.45 bits per heavy atom. The molecular weight excluding hydrogens is 368 g/mol. The Balaban J connectivity index is 1.67. The number of amides is 2. The Morgan fingerprint density at radius 2 is 1.72 bits per heavy atom. The van der Waals surface area contributed by atoms with Gasteiger partial charge in [-0.1, -0.05) is 36.4 Å². The van der Waals surface area contributed by atoms with Crippen molar-refractivity contribution in [2.45, 2.75) is 26.9 Å². The molecular formula is C22H22N4O3. The van der Waals surface area contributed by atoms with Gasteiger partial charge in [0.2, 0.25) is 5.91 Å². The third-order valence-corrected chi connectivity index (χ3v) is 4.49. The monoisotopic (exact) mass is 390 g/mol. The zero-order valence-electron chi connectivity index (χ0n) is 16.3. The summed E-state index contributed by atoms with van der Waals surface area (Å²) >= 11 is 0. The number of carbonyl (C=O) groups is 2. The fraction of sp³-hybridized carbons (Fsp3) is 0.182. The first kappa shape index (κ1) is 20.0. The quantitative estimate of drug-likeness (QED) is 0.676. The van der Waals surface area contributed by atoms with E-state index >= 15 is 0 Å². The highest BCUT2D eigenvalue weighted by Gasteiger charge is 2.12. The third kappa shape index (κ3) is 5.38. The molecule has 0 aliphatic carbocycles. The van der Waals surface area contributed by atoms with E-state index in [1.54, 1.807) is 6.07 Å². The van der Waals surface area contributed by atoms with Crippen molar-refractivity contribution in [1.29, 1.82) is 0 Å². The van der Waals surface area contributed by atoms with Crippen molar-refractivity contribution in [2.24, 2.45) is 0 Å². The second-order valence-corrected chi connectivity index (χ2v) is 6.73. The normalized spacial score (nSPS) is 10.4. The number of nitrogens with zero attached hydrogens (tertiary/aromatic N) is 2. The van der Waals surface area contributed by atoms with E-state index in [0.29, 0.717) is 12.2 Å². The van der Waals surface area contributed by atoms with Crippen LogP contribution in [-0.4, -0.2) is 21.6 Å². The lowest BCUT2D eigenvalue weighted by molar-refractivity contribution is -0.122. The van der Waals surface area contributed by atoms with Crippen LogP contribution in [0.5, 0.6) is 0 Å². The zero-order chi connectivity index (χ0) is 20.8. The SMILES string of the molecule is Cc1ccc(NC(=O)c2ccc(=O)n(CC(=O)NCc3ccccc3)n2)cc1C. The molecule has 1 heterocycles. The Bertz CT molecular complexity index is 1090. The van der Waals surface area contributed by atoms with Gasteiger partial charge in [-0.2, -0.15) is 5.10 Å². The molecule has 0 fully saturated rings. The number of carbonyl (C=O) groups excluding carboxylic acids is 2. The van der Waals surface area contributed by atoms with Crippen molar-refractivity contribution in [3.8, 4) is 0 Å². The van der Waals surface area contributed by atoms with Crippen molar-refractivity contribution in [2.75, 3.05) is 5.32 Å². The van der Waals surface area contributed by atoms with Gasteiger partial charge in [-0.05, 0) is 48.7 Å². The largest absolute Gasteiger partial charge is 0.350 e. The van der Waals surface area contributed by atoms with Gasteiger partial charge in [0.25, 0.3) is 11.5 Å². The second kappa shape index (κ2) is 8.97. The molecule has 3 rings (SSSR count). The van der Waals surface area contributed by atoms with E-state index in [1.165, 1.54) is 12.1 Å². The highest BCUT2D eigenvalue weighted by molar-refractivity contribution is 6.02. The molecule has 0 aliphatic heterocycles. The second-order valence-electron chi connectivity index (χ2n) is 6.73. The number of hydrogen-bond acceptors (Lipinski definition) is 4. The summed E-state index contributed by atoms with van der Waals surface area (Å²) in [6.45, 7) is 4.02. The maximum absolute atomic E-state index is 12.5. The van der Waals surface area contributed by atoms with E-state index in [-0.39, 0.29) is 18.1 Å². The number of anilines is 1. The van der Waals surface area contributed by atoms with Crippen LogP contribution in [0.4, 0.5) is 5.69 Å². The van der Waals surface area contributed by atoms with Gasteiger partial charge in [-0.3, -0.25) is 14.4 Å². The number of aryl methyl sites for hydroxylation is 2. The average molecular weight is 390 g/mol. The van der Waals surface area contributed by atoms with Crippen LogP contribution in [0.3, 0.4) is 0 Å². The fourth-order valence-electron chi connectivity index (χ4n) is 2.69. The number of benzene rings is 2. The van der Waals surface area contributed by atoms with Gasteiger partial charge >= 0.3 is 0 Å². The first-order valence-corrected chi connectivity index (χ1v) is 9.20. The van der Waals surface area contributed by atoms with Crippen LogP contribution in [0.1, 0.15) is 27.2 Å². The van der Waals surface area contributed by atoms with E-state index < -0.39 is 11.5 Å². The van der Waals surface area contributed by atoms with Gasteiger partial charge in [-0.25, -0.2) is 4.68 Å². The Labute approximate surface area is 168 Å². The standard InChI is InChI=1S/C22H22N4O3/c1-15-8-9-18(12-16(15)2)24-22(29)19-10-11-21(28)26(25-19)14-20(27)23-13-17-6-4-3-5-7-17/h3-12H,13-14H2,1-2H3,(H,23,27)(H,24,29). The summed E-state index contributed by atoms with van der Waals surface area (Å²) < 4.78 is 0.982. The zero-order valence-corrected chi connectivity index (χ0v) is 16.3. The molecule has 0 aliphatic rings. The molecule has 2 aromatic carbocycles. The van der Waals surface area contributed by atoms with Crippen molar-refractivity contribution in [1.82, 2.24) is 15.1 Å². The predicted octanol–water partition coefficient (Wildman–Crippen LogP) is 2.43. The van der Waals surface area contributed by atoms with Gasteiger partial charge in [0, 0.05) is 18.3 Å². The molecule has 2 amide bonds. The summed E-state index contributed by atoms with van der Waals surface area (Å²) in [6.07, 6.45) is 0. The lowest BCUT2D eigenvalue weighted by atomic mass is 10.1. The smallest absolute Gasteiger partial charge is 0.276 e. The van der Waals surface area contributed by atoms with E-state index in [9.17, 15) is 14.4 Å². The maximum atomic E-state index is 12.5. The minimum Gasteiger partial charge on any atom is -0.350 e. The van der Waals surface area contributed by atoms with Gasteiger partial charge in [0.1, 0.15) is 12.2 Å². The predicted molar refractivity (Wildman–Crippen MR) is 111 cm³/mol. The Kier molecular flexibility index (Phi) is 6.19. The molecule has 7 nitrogen and oxygen atoms in total. The highest BCUT2D eigenvalue weighted by Crippen LogP contribution is 2.14. The van der Waals surface area contributed by atoms with E-state index in [4.69, 9.17) is 0 Å². The molecule has 0 saturated carbocycles. The van der Waals surface area contributed by atoms with Crippen molar-refractivity contribution >= 4 is 17.5 Å². The van der Waals surface area contributed by atoms with Crippen LogP contribution < -0.4 is 16.2 Å². The molecule has 29 heavy (non-hydrogen) atoms. The number of nitrogens with one attached hydrogen (secondary N) is 2. The van der Waals surface area contributed by atoms with Gasteiger partial charge in [0.15, 0.2) is 0 Å². The van der Waals surface area contributed by atoms with Crippen LogP contribution >= 0.6 is 0 Å². The molecule has 0 spiro atoms. The summed E-state index contributed by atoms with van der Waals surface area (Å²) in [6, 6.07) is 17.6. The number of aromatic nitrogens is 2.